The van der Waals surface area contributed by atoms with E-state index in [2.05, 4.69) is 4.72 Å². The van der Waals surface area contributed by atoms with Crippen LogP contribution in [0.15, 0.2) is 12.1 Å². The Balaban J connectivity index is 3.18. The van der Waals surface area contributed by atoms with Crippen LogP contribution in [0.2, 0.25) is 15.1 Å². The lowest BCUT2D eigenvalue weighted by Crippen LogP contribution is -2.24. The number of halogens is 3. The molecule has 1 N–H and O–H groups in total. The number of nitrogens with zero attached hydrogens (tertiary/aromatic N) is 1. The molecule has 0 radical (unpaired) electrons. The average Bonchev–Trinajstić information content (AvgIpc) is 2.22. The lowest BCUT2D eigenvalue weighted by molar-refractivity contribution is 0.597. The Morgan fingerprint density at radius 1 is 1.29 bits per heavy atom. The molecule has 0 saturated heterocycles. The number of benzene rings is 1. The Hall–Kier alpha value is -0.670. The number of rotatable bonds is 3. The number of nitrogens with one attached hydrogen (secondary N) is 1. The highest BCUT2D eigenvalue weighted by Gasteiger charge is 2.22. The highest BCUT2D eigenvalue weighted by Crippen LogP contribution is 2.34. The molecule has 1 unspecified atom stereocenters. The van der Waals surface area contributed by atoms with Gasteiger partial charge in [-0.15, -0.1) is 0 Å². The molecule has 1 aromatic carbocycles. The Morgan fingerprint density at radius 2 is 1.76 bits per heavy atom. The molecule has 0 aliphatic heterocycles. The minimum absolute atomic E-state index is 0.0137. The maximum Gasteiger partial charge on any atom is 0.248 e. The van der Waals surface area contributed by atoms with Crippen molar-refractivity contribution in [3.05, 3.63) is 27.2 Å². The number of hydrogen-bond acceptors (Lipinski definition) is 3. The van der Waals surface area contributed by atoms with Gasteiger partial charge in [-0.25, -0.2) is 8.42 Å². The topological polar surface area (TPSA) is 70.0 Å². The Morgan fingerprint density at radius 3 is 2.18 bits per heavy atom. The third-order valence-electron chi connectivity index (χ3n) is 1.90. The van der Waals surface area contributed by atoms with Crippen LogP contribution >= 0.6 is 34.8 Å². The minimum Gasteiger partial charge on any atom is -0.279 e. The molecule has 17 heavy (non-hydrogen) atoms. The summed E-state index contributed by atoms with van der Waals surface area (Å²) in [5, 5.41) is 7.78. The Labute approximate surface area is 114 Å². The summed E-state index contributed by atoms with van der Waals surface area (Å²) in [7, 11) is -3.84. The molecular formula is C9H7Cl3N2O2S. The van der Waals surface area contributed by atoms with Crippen LogP contribution in [-0.4, -0.2) is 13.7 Å². The Bertz CT molecular complexity index is 557. The molecular weight excluding hydrogens is 307 g/mol. The maximum absolute atomic E-state index is 11.6. The van der Waals surface area contributed by atoms with Crippen molar-refractivity contribution >= 4 is 50.5 Å². The van der Waals surface area contributed by atoms with E-state index in [0.717, 1.165) is 0 Å². The molecule has 1 rings (SSSR count). The molecule has 0 aromatic heterocycles. The van der Waals surface area contributed by atoms with E-state index >= 15 is 0 Å². The van der Waals surface area contributed by atoms with E-state index in [0.29, 0.717) is 0 Å². The third-order valence-corrected chi connectivity index (χ3v) is 4.24. The van der Waals surface area contributed by atoms with Gasteiger partial charge < -0.3 is 0 Å². The van der Waals surface area contributed by atoms with Gasteiger partial charge in [0.2, 0.25) is 10.0 Å². The highest BCUT2D eigenvalue weighted by molar-refractivity contribution is 7.93. The predicted octanol–water partition coefficient (Wildman–Crippen LogP) is 3.30. The van der Waals surface area contributed by atoms with Crippen LogP contribution in [0.5, 0.6) is 0 Å². The lowest BCUT2D eigenvalue weighted by Gasteiger charge is -2.12. The summed E-state index contributed by atoms with van der Waals surface area (Å²) >= 11 is 17.3. The zero-order valence-corrected chi connectivity index (χ0v) is 11.6. The average molecular weight is 314 g/mol. The monoisotopic (exact) mass is 312 g/mol. The number of sulfonamides is 1. The van der Waals surface area contributed by atoms with Gasteiger partial charge in [0.05, 0.1) is 21.8 Å². The molecule has 0 aliphatic carbocycles. The first kappa shape index (κ1) is 14.4. The van der Waals surface area contributed by atoms with E-state index in [1.165, 1.54) is 19.1 Å². The van der Waals surface area contributed by atoms with Gasteiger partial charge in [0, 0.05) is 5.02 Å². The summed E-state index contributed by atoms with van der Waals surface area (Å²) in [5.41, 5.74) is 0.0137. The standard InChI is InChI=1S/C9H7Cl3N2O2S/c1-5(4-13)17(15,16)14-9-7(11)2-6(10)3-8(9)12/h2-3,5,14H,1H3. The van der Waals surface area contributed by atoms with Crippen molar-refractivity contribution in [1.82, 2.24) is 0 Å². The third kappa shape index (κ3) is 3.39. The van der Waals surface area contributed by atoms with E-state index in [-0.39, 0.29) is 20.8 Å². The van der Waals surface area contributed by atoms with E-state index in [1.807, 2.05) is 0 Å². The van der Waals surface area contributed by atoms with Crippen molar-refractivity contribution in [3.8, 4) is 6.07 Å². The number of hydrogen-bond donors (Lipinski definition) is 1. The van der Waals surface area contributed by atoms with E-state index in [4.69, 9.17) is 40.1 Å². The first-order chi connectivity index (χ1) is 7.77. The van der Waals surface area contributed by atoms with Gasteiger partial charge in [0.25, 0.3) is 0 Å². The molecule has 0 bridgehead atoms. The summed E-state index contributed by atoms with van der Waals surface area (Å²) in [4.78, 5) is 0. The van der Waals surface area contributed by atoms with E-state index in [1.54, 1.807) is 6.07 Å². The van der Waals surface area contributed by atoms with Crippen molar-refractivity contribution in [2.75, 3.05) is 4.72 Å². The van der Waals surface area contributed by atoms with Crippen molar-refractivity contribution in [3.63, 3.8) is 0 Å². The maximum atomic E-state index is 11.6. The normalized spacial score (nSPS) is 12.9. The summed E-state index contributed by atoms with van der Waals surface area (Å²) in [5.74, 6) is 0. The van der Waals surface area contributed by atoms with Crippen LogP contribution < -0.4 is 4.72 Å². The fourth-order valence-corrected chi connectivity index (χ4v) is 2.78. The fraction of sp³-hybridized carbons (Fsp3) is 0.222. The Kier molecular flexibility index (Phi) is 4.50. The summed E-state index contributed by atoms with van der Waals surface area (Å²) in [6.45, 7) is 1.25. The van der Waals surface area contributed by atoms with Gasteiger partial charge in [-0.2, -0.15) is 5.26 Å². The predicted molar refractivity (Wildman–Crippen MR) is 69.1 cm³/mol. The van der Waals surface area contributed by atoms with Crippen LogP contribution in [0.1, 0.15) is 6.92 Å². The smallest absolute Gasteiger partial charge is 0.248 e. The first-order valence-electron chi connectivity index (χ1n) is 4.33. The molecule has 1 atom stereocenters. The summed E-state index contributed by atoms with van der Waals surface area (Å²) < 4.78 is 25.4. The molecule has 4 nitrogen and oxygen atoms in total. The van der Waals surface area contributed by atoms with E-state index in [9.17, 15) is 8.42 Å². The number of anilines is 1. The molecule has 92 valence electrons. The van der Waals surface area contributed by atoms with Gasteiger partial charge >= 0.3 is 0 Å². The van der Waals surface area contributed by atoms with Crippen molar-refractivity contribution in [2.24, 2.45) is 0 Å². The van der Waals surface area contributed by atoms with Crippen LogP contribution in [0.3, 0.4) is 0 Å². The first-order valence-corrected chi connectivity index (χ1v) is 7.01. The zero-order valence-electron chi connectivity index (χ0n) is 8.54. The number of nitriles is 1. The van der Waals surface area contributed by atoms with Crippen molar-refractivity contribution < 1.29 is 8.42 Å². The second-order valence-corrected chi connectivity index (χ2v) is 6.41. The van der Waals surface area contributed by atoms with Gasteiger partial charge in [-0.1, -0.05) is 34.8 Å². The van der Waals surface area contributed by atoms with Gasteiger partial charge in [-0.3, -0.25) is 4.72 Å². The minimum atomic E-state index is -3.84. The molecule has 0 saturated carbocycles. The van der Waals surface area contributed by atoms with Crippen LogP contribution in [-0.2, 0) is 10.0 Å². The molecule has 0 amide bonds. The summed E-state index contributed by atoms with van der Waals surface area (Å²) in [6, 6.07) is 4.32. The van der Waals surface area contributed by atoms with Crippen LogP contribution in [0, 0.1) is 11.3 Å². The molecule has 0 spiro atoms. The fourth-order valence-electron chi connectivity index (χ4n) is 0.940. The molecule has 1 aromatic rings. The second-order valence-electron chi connectivity index (χ2n) is 3.16. The SMILES string of the molecule is CC(C#N)S(=O)(=O)Nc1c(Cl)cc(Cl)cc1Cl. The van der Waals surface area contributed by atoms with E-state index < -0.39 is 15.3 Å². The van der Waals surface area contributed by atoms with Crippen molar-refractivity contribution in [2.45, 2.75) is 12.2 Å². The second kappa shape index (κ2) is 5.32. The molecule has 8 heteroatoms. The van der Waals surface area contributed by atoms with Gasteiger partial charge in [-0.05, 0) is 19.1 Å². The molecule has 0 fully saturated rings. The zero-order chi connectivity index (χ0) is 13.2. The molecule has 0 heterocycles. The lowest BCUT2D eigenvalue weighted by atomic mass is 10.3. The van der Waals surface area contributed by atoms with Crippen LogP contribution in [0.4, 0.5) is 5.69 Å². The largest absolute Gasteiger partial charge is 0.279 e. The quantitative estimate of drug-likeness (QED) is 0.930. The highest BCUT2D eigenvalue weighted by atomic mass is 35.5. The van der Waals surface area contributed by atoms with Gasteiger partial charge in [0.1, 0.15) is 0 Å². The van der Waals surface area contributed by atoms with Crippen molar-refractivity contribution in [1.29, 1.82) is 5.26 Å². The van der Waals surface area contributed by atoms with Crippen LogP contribution in [0.25, 0.3) is 0 Å². The van der Waals surface area contributed by atoms with Gasteiger partial charge in [0.15, 0.2) is 5.25 Å². The molecule has 0 aliphatic rings. The summed E-state index contributed by atoms with van der Waals surface area (Å²) in [6.07, 6.45) is 0.